The molecule has 2 heterocycles. The maximum atomic E-state index is 11.2. The number of rotatable bonds is 2. The molecule has 0 radical (unpaired) electrons. The number of nitro groups is 1. The van der Waals surface area contributed by atoms with E-state index in [1.54, 1.807) is 6.07 Å². The van der Waals surface area contributed by atoms with Crippen molar-refractivity contribution in [1.82, 2.24) is 10.3 Å². The van der Waals surface area contributed by atoms with Gasteiger partial charge in [0.1, 0.15) is 6.20 Å². The maximum absolute atomic E-state index is 11.2. The van der Waals surface area contributed by atoms with Gasteiger partial charge in [0.15, 0.2) is 0 Å². The third-order valence-corrected chi connectivity index (χ3v) is 5.32. The van der Waals surface area contributed by atoms with Gasteiger partial charge in [-0.05, 0) is 49.9 Å². The van der Waals surface area contributed by atoms with Gasteiger partial charge < -0.3 is 5.32 Å². The Morgan fingerprint density at radius 1 is 1.16 bits per heavy atom. The van der Waals surface area contributed by atoms with Crippen LogP contribution in [0.5, 0.6) is 0 Å². The molecule has 1 atom stereocenters. The summed E-state index contributed by atoms with van der Waals surface area (Å²) in [5, 5.41) is 14.6. The fourth-order valence-electron chi connectivity index (χ4n) is 4.08. The van der Waals surface area contributed by atoms with Crippen LogP contribution in [0.25, 0.3) is 12.2 Å². The number of fused-ring (bicyclic) bond motifs is 2. The topological polar surface area (TPSA) is 68.1 Å². The van der Waals surface area contributed by atoms with Crippen LogP contribution in [0.15, 0.2) is 30.5 Å². The molecule has 1 aliphatic heterocycles. The summed E-state index contributed by atoms with van der Waals surface area (Å²) in [6.45, 7) is 4.12. The van der Waals surface area contributed by atoms with Crippen LogP contribution in [-0.2, 0) is 0 Å². The summed E-state index contributed by atoms with van der Waals surface area (Å²) in [6, 6.07) is 8.21. The molecule has 4 rings (SSSR count). The third kappa shape index (κ3) is 2.96. The molecule has 1 aromatic carbocycles. The average molecular weight is 335 g/mol. The van der Waals surface area contributed by atoms with Crippen molar-refractivity contribution in [3.05, 3.63) is 68.5 Å². The third-order valence-electron chi connectivity index (χ3n) is 5.32. The second-order valence-electron chi connectivity index (χ2n) is 6.96. The van der Waals surface area contributed by atoms with E-state index in [0.29, 0.717) is 5.92 Å². The van der Waals surface area contributed by atoms with Gasteiger partial charge in [-0.1, -0.05) is 35.9 Å². The monoisotopic (exact) mass is 335 g/mol. The molecule has 128 valence electrons. The zero-order valence-corrected chi connectivity index (χ0v) is 14.2. The van der Waals surface area contributed by atoms with E-state index in [4.69, 9.17) is 0 Å². The first-order valence-corrected chi connectivity index (χ1v) is 8.77. The van der Waals surface area contributed by atoms with E-state index < -0.39 is 0 Å². The Morgan fingerprint density at radius 3 is 2.68 bits per heavy atom. The van der Waals surface area contributed by atoms with Gasteiger partial charge in [-0.3, -0.25) is 15.1 Å². The number of nitrogens with one attached hydrogen (secondary N) is 1. The molecule has 5 nitrogen and oxygen atoms in total. The Kier molecular flexibility index (Phi) is 4.09. The molecule has 5 heteroatoms. The SMILES string of the molecule is Cc1ccc2c(c1)C=Cc1cc([N+](=O)[O-])cnc1C2C1CCNCC1. The number of hydrogen-bond acceptors (Lipinski definition) is 4. The lowest BCUT2D eigenvalue weighted by Crippen LogP contribution is -2.32. The first kappa shape index (κ1) is 16.0. The highest BCUT2D eigenvalue weighted by atomic mass is 16.6. The predicted octanol–water partition coefficient (Wildman–Crippen LogP) is 3.91. The predicted molar refractivity (Wildman–Crippen MR) is 98.4 cm³/mol. The Hall–Kier alpha value is -2.53. The summed E-state index contributed by atoms with van der Waals surface area (Å²) in [5.41, 5.74) is 5.59. The molecule has 1 unspecified atom stereocenters. The number of aromatic nitrogens is 1. The van der Waals surface area contributed by atoms with E-state index in [9.17, 15) is 10.1 Å². The van der Waals surface area contributed by atoms with E-state index in [1.807, 2.05) is 6.08 Å². The van der Waals surface area contributed by atoms with Gasteiger partial charge >= 0.3 is 0 Å². The van der Waals surface area contributed by atoms with Crippen molar-refractivity contribution in [1.29, 1.82) is 0 Å². The summed E-state index contributed by atoms with van der Waals surface area (Å²) in [6.07, 6.45) is 7.65. The minimum absolute atomic E-state index is 0.0506. The van der Waals surface area contributed by atoms with Crippen LogP contribution >= 0.6 is 0 Å². The smallest absolute Gasteiger partial charge is 0.288 e. The Bertz CT molecular complexity index is 854. The molecular weight excluding hydrogens is 314 g/mol. The number of hydrogen-bond donors (Lipinski definition) is 1. The van der Waals surface area contributed by atoms with Gasteiger partial charge in [-0.15, -0.1) is 0 Å². The molecule has 0 bridgehead atoms. The van der Waals surface area contributed by atoms with E-state index in [1.165, 1.54) is 22.9 Å². The molecule has 0 spiro atoms. The Labute approximate surface area is 146 Å². The number of benzene rings is 1. The van der Waals surface area contributed by atoms with E-state index in [0.717, 1.165) is 37.2 Å². The molecule has 1 saturated heterocycles. The normalized spacial score (nSPS) is 19.8. The molecule has 2 aliphatic rings. The summed E-state index contributed by atoms with van der Waals surface area (Å²) in [7, 11) is 0. The molecule has 1 fully saturated rings. The maximum Gasteiger partial charge on any atom is 0.288 e. The van der Waals surface area contributed by atoms with E-state index in [-0.39, 0.29) is 16.5 Å². The Morgan fingerprint density at radius 2 is 1.92 bits per heavy atom. The van der Waals surface area contributed by atoms with Crippen molar-refractivity contribution < 1.29 is 4.92 Å². The highest BCUT2D eigenvalue weighted by Crippen LogP contribution is 2.42. The van der Waals surface area contributed by atoms with Crippen LogP contribution in [0.1, 0.15) is 46.7 Å². The van der Waals surface area contributed by atoms with Gasteiger partial charge in [0.25, 0.3) is 5.69 Å². The molecule has 0 amide bonds. The van der Waals surface area contributed by atoms with Gasteiger partial charge in [0, 0.05) is 17.5 Å². The van der Waals surface area contributed by atoms with Crippen molar-refractivity contribution in [2.45, 2.75) is 25.7 Å². The summed E-state index contributed by atoms with van der Waals surface area (Å²) in [5.74, 6) is 0.679. The Balaban J connectivity index is 1.89. The number of piperidine rings is 1. The second kappa shape index (κ2) is 6.41. The standard InChI is InChI=1S/C20H21N3O2/c1-13-2-5-18-15(10-13)3-4-16-11-17(23(24)25)12-22-20(16)19(18)14-6-8-21-9-7-14/h2-5,10-12,14,19,21H,6-9H2,1H3. The number of aryl methyl sites for hydroxylation is 1. The first-order chi connectivity index (χ1) is 12.1. The van der Waals surface area contributed by atoms with Crippen molar-refractivity contribution >= 4 is 17.8 Å². The highest BCUT2D eigenvalue weighted by molar-refractivity contribution is 5.76. The molecule has 25 heavy (non-hydrogen) atoms. The van der Waals surface area contributed by atoms with Crippen LogP contribution in [-0.4, -0.2) is 23.0 Å². The van der Waals surface area contributed by atoms with Gasteiger partial charge in [0.2, 0.25) is 0 Å². The van der Waals surface area contributed by atoms with Crippen molar-refractivity contribution in [3.8, 4) is 0 Å². The van der Waals surface area contributed by atoms with Crippen molar-refractivity contribution in [3.63, 3.8) is 0 Å². The van der Waals surface area contributed by atoms with Crippen LogP contribution < -0.4 is 5.32 Å². The zero-order chi connectivity index (χ0) is 17.4. The van der Waals surface area contributed by atoms with Crippen LogP contribution in [0.3, 0.4) is 0 Å². The lowest BCUT2D eigenvalue weighted by molar-refractivity contribution is -0.385. The molecule has 0 saturated carbocycles. The largest absolute Gasteiger partial charge is 0.317 e. The fraction of sp³-hybridized carbons (Fsp3) is 0.350. The molecule has 2 aromatic rings. The minimum Gasteiger partial charge on any atom is -0.317 e. The molecule has 1 N–H and O–H groups in total. The number of nitrogens with zero attached hydrogens (tertiary/aromatic N) is 2. The summed E-state index contributed by atoms with van der Waals surface area (Å²) >= 11 is 0. The quantitative estimate of drug-likeness (QED) is 0.667. The fourth-order valence-corrected chi connectivity index (χ4v) is 4.08. The molecule has 1 aromatic heterocycles. The van der Waals surface area contributed by atoms with Gasteiger partial charge in [0.05, 0.1) is 10.6 Å². The number of pyridine rings is 1. The average Bonchev–Trinajstić information content (AvgIpc) is 2.78. The van der Waals surface area contributed by atoms with Crippen LogP contribution in [0.4, 0.5) is 5.69 Å². The van der Waals surface area contributed by atoms with Gasteiger partial charge in [-0.25, -0.2) is 0 Å². The molecule has 1 aliphatic carbocycles. The lowest BCUT2D eigenvalue weighted by Gasteiger charge is -2.31. The van der Waals surface area contributed by atoms with Crippen LogP contribution in [0.2, 0.25) is 0 Å². The first-order valence-electron chi connectivity index (χ1n) is 8.77. The second-order valence-corrected chi connectivity index (χ2v) is 6.96. The summed E-state index contributed by atoms with van der Waals surface area (Å²) < 4.78 is 0. The van der Waals surface area contributed by atoms with E-state index in [2.05, 4.69) is 41.5 Å². The highest BCUT2D eigenvalue weighted by Gasteiger charge is 2.32. The lowest BCUT2D eigenvalue weighted by atomic mass is 9.76. The van der Waals surface area contributed by atoms with Crippen LogP contribution in [0, 0.1) is 23.0 Å². The zero-order valence-electron chi connectivity index (χ0n) is 14.2. The molecular formula is C20H21N3O2. The van der Waals surface area contributed by atoms with Crippen molar-refractivity contribution in [2.24, 2.45) is 5.92 Å². The van der Waals surface area contributed by atoms with E-state index >= 15 is 0 Å². The summed E-state index contributed by atoms with van der Waals surface area (Å²) in [4.78, 5) is 15.3. The van der Waals surface area contributed by atoms with Crippen molar-refractivity contribution in [2.75, 3.05) is 13.1 Å². The van der Waals surface area contributed by atoms with Gasteiger partial charge in [-0.2, -0.15) is 0 Å². The minimum atomic E-state index is -0.372.